The fraction of sp³-hybridized carbons (Fsp3) is 0.300. The molecule has 8 heteroatoms. The number of fused-ring (bicyclic) bond motifs is 1. The van der Waals surface area contributed by atoms with Gasteiger partial charge in [0.25, 0.3) is 0 Å². The van der Waals surface area contributed by atoms with Gasteiger partial charge in [-0.1, -0.05) is 12.1 Å². The van der Waals surface area contributed by atoms with Crippen LogP contribution in [0.5, 0.6) is 5.75 Å². The van der Waals surface area contributed by atoms with Crippen LogP contribution in [0, 0.1) is 11.8 Å². The van der Waals surface area contributed by atoms with Crippen LogP contribution >= 0.6 is 0 Å². The summed E-state index contributed by atoms with van der Waals surface area (Å²) in [5.41, 5.74) is 1.20. The van der Waals surface area contributed by atoms with Crippen molar-refractivity contribution in [3.05, 3.63) is 59.4 Å². The lowest BCUT2D eigenvalue weighted by atomic mass is 9.82. The van der Waals surface area contributed by atoms with Gasteiger partial charge in [0.2, 0.25) is 6.29 Å². The number of aromatic hydroxyl groups is 1. The van der Waals surface area contributed by atoms with E-state index in [1.807, 2.05) is 0 Å². The number of phenolic OH excluding ortho intramolecular Hbond substituents is 1. The predicted molar refractivity (Wildman–Crippen MR) is 96.4 cm³/mol. The maximum absolute atomic E-state index is 12.3. The molecule has 0 aromatic heterocycles. The number of hydrogen-bond donors (Lipinski definition) is 3. The molecule has 1 aromatic carbocycles. The van der Waals surface area contributed by atoms with Crippen LogP contribution in [0.15, 0.2) is 53.8 Å². The van der Waals surface area contributed by atoms with Gasteiger partial charge in [-0.05, 0) is 35.4 Å². The fourth-order valence-corrected chi connectivity index (χ4v) is 3.39. The number of carbonyl (C=O) groups is 2. The number of aliphatic hydroxyl groups is 2. The van der Waals surface area contributed by atoms with E-state index in [2.05, 4.69) is 0 Å². The van der Waals surface area contributed by atoms with Crippen molar-refractivity contribution in [2.75, 3.05) is 13.7 Å². The Labute approximate surface area is 161 Å². The van der Waals surface area contributed by atoms with Crippen LogP contribution in [0.2, 0.25) is 0 Å². The largest absolute Gasteiger partial charge is 0.508 e. The molecule has 2 aliphatic rings. The van der Waals surface area contributed by atoms with Crippen LogP contribution in [0.3, 0.4) is 0 Å². The highest BCUT2D eigenvalue weighted by Gasteiger charge is 2.49. The Balaban J connectivity index is 1.79. The molecule has 1 aliphatic carbocycles. The van der Waals surface area contributed by atoms with Crippen molar-refractivity contribution >= 4 is 18.0 Å². The maximum atomic E-state index is 12.3. The average molecular weight is 388 g/mol. The summed E-state index contributed by atoms with van der Waals surface area (Å²) >= 11 is 0. The van der Waals surface area contributed by atoms with Gasteiger partial charge in [0.1, 0.15) is 11.9 Å². The first-order valence-electron chi connectivity index (χ1n) is 8.55. The van der Waals surface area contributed by atoms with Gasteiger partial charge in [0.05, 0.1) is 31.5 Å². The lowest BCUT2D eigenvalue weighted by Crippen LogP contribution is -2.40. The maximum Gasteiger partial charge on any atom is 0.337 e. The summed E-state index contributed by atoms with van der Waals surface area (Å²) in [4.78, 5) is 24.3. The number of rotatable bonds is 5. The molecule has 0 saturated heterocycles. The molecule has 0 amide bonds. The average Bonchev–Trinajstić information content (AvgIpc) is 3.06. The number of hydrogen-bond acceptors (Lipinski definition) is 8. The Hall–Kier alpha value is -3.10. The Bertz CT molecular complexity index is 836. The number of methoxy groups -OCH3 is 1. The second-order valence-corrected chi connectivity index (χ2v) is 6.37. The SMILES string of the molecule is COC(=O)C1=COC(O)C2C(CO)=CC(OC(=O)C=Cc3ccc(O)cc3)C12. The Morgan fingerprint density at radius 2 is 1.93 bits per heavy atom. The van der Waals surface area contributed by atoms with Crippen LogP contribution in [0.4, 0.5) is 0 Å². The monoisotopic (exact) mass is 388 g/mol. The zero-order chi connectivity index (χ0) is 20.3. The van der Waals surface area contributed by atoms with E-state index in [1.165, 1.54) is 37.5 Å². The third kappa shape index (κ3) is 3.92. The molecule has 4 unspecified atom stereocenters. The summed E-state index contributed by atoms with van der Waals surface area (Å²) in [6.45, 7) is -0.382. The summed E-state index contributed by atoms with van der Waals surface area (Å²) in [7, 11) is 1.21. The van der Waals surface area contributed by atoms with E-state index in [0.29, 0.717) is 11.1 Å². The second-order valence-electron chi connectivity index (χ2n) is 6.37. The first kappa shape index (κ1) is 19.7. The Kier molecular flexibility index (Phi) is 5.81. The minimum atomic E-state index is -1.28. The van der Waals surface area contributed by atoms with Crippen LogP contribution in [-0.4, -0.2) is 53.4 Å². The third-order valence-electron chi connectivity index (χ3n) is 4.71. The minimum Gasteiger partial charge on any atom is -0.508 e. The van der Waals surface area contributed by atoms with Gasteiger partial charge in [-0.2, -0.15) is 0 Å². The third-order valence-corrected chi connectivity index (χ3v) is 4.71. The zero-order valence-electron chi connectivity index (χ0n) is 15.0. The topological polar surface area (TPSA) is 123 Å². The molecule has 0 bridgehead atoms. The number of ether oxygens (including phenoxy) is 3. The van der Waals surface area contributed by atoms with Gasteiger partial charge in [-0.25, -0.2) is 9.59 Å². The van der Waals surface area contributed by atoms with Gasteiger partial charge in [-0.15, -0.1) is 0 Å². The lowest BCUT2D eigenvalue weighted by molar-refractivity contribution is -0.153. The van der Waals surface area contributed by atoms with Crippen molar-refractivity contribution in [1.29, 1.82) is 0 Å². The lowest BCUT2D eigenvalue weighted by Gasteiger charge is -2.33. The number of phenols is 1. The summed E-state index contributed by atoms with van der Waals surface area (Å²) in [5.74, 6) is -2.70. The van der Waals surface area contributed by atoms with E-state index in [9.17, 15) is 24.9 Å². The number of esters is 2. The van der Waals surface area contributed by atoms with Crippen molar-refractivity contribution < 1.29 is 39.1 Å². The van der Waals surface area contributed by atoms with Crippen molar-refractivity contribution in [3.63, 3.8) is 0 Å². The number of benzene rings is 1. The molecule has 148 valence electrons. The summed E-state index contributed by atoms with van der Waals surface area (Å²) in [6, 6.07) is 6.22. The fourth-order valence-electron chi connectivity index (χ4n) is 3.39. The normalized spacial score (nSPS) is 26.1. The molecule has 0 fully saturated rings. The minimum absolute atomic E-state index is 0.109. The molecule has 0 radical (unpaired) electrons. The van der Waals surface area contributed by atoms with E-state index in [-0.39, 0.29) is 17.9 Å². The molecule has 1 aliphatic heterocycles. The Morgan fingerprint density at radius 1 is 1.21 bits per heavy atom. The van der Waals surface area contributed by atoms with Gasteiger partial charge >= 0.3 is 11.9 Å². The van der Waals surface area contributed by atoms with E-state index in [4.69, 9.17) is 14.2 Å². The molecule has 0 saturated carbocycles. The van der Waals surface area contributed by atoms with Crippen molar-refractivity contribution in [2.24, 2.45) is 11.8 Å². The highest BCUT2D eigenvalue weighted by molar-refractivity contribution is 5.90. The second kappa shape index (κ2) is 8.28. The van der Waals surface area contributed by atoms with Crippen molar-refractivity contribution in [1.82, 2.24) is 0 Å². The molecule has 3 rings (SSSR count). The molecule has 4 atom stereocenters. The molecule has 3 N–H and O–H groups in total. The zero-order valence-corrected chi connectivity index (χ0v) is 15.0. The molecular formula is C20H20O8. The van der Waals surface area contributed by atoms with Gasteiger partial charge in [0.15, 0.2) is 0 Å². The smallest absolute Gasteiger partial charge is 0.337 e. The molecule has 0 spiro atoms. The van der Waals surface area contributed by atoms with Crippen LogP contribution < -0.4 is 0 Å². The molecule has 8 nitrogen and oxygen atoms in total. The first-order chi connectivity index (χ1) is 13.4. The van der Waals surface area contributed by atoms with E-state index in [0.717, 1.165) is 6.26 Å². The van der Waals surface area contributed by atoms with Gasteiger partial charge in [0, 0.05) is 12.0 Å². The van der Waals surface area contributed by atoms with Crippen LogP contribution in [0.1, 0.15) is 5.56 Å². The van der Waals surface area contributed by atoms with Crippen LogP contribution in [0.25, 0.3) is 6.08 Å². The standard InChI is InChI=1S/C20H20O8/c1-26-19(24)14-10-27-20(25)17-12(9-21)8-15(18(14)17)28-16(23)7-4-11-2-5-13(22)6-3-11/h2-8,10,15,17-18,20-22,25H,9H2,1H3. The predicted octanol–water partition coefficient (Wildman–Crippen LogP) is 0.887. The first-order valence-corrected chi connectivity index (χ1v) is 8.55. The van der Waals surface area contributed by atoms with E-state index in [1.54, 1.807) is 12.1 Å². The van der Waals surface area contributed by atoms with E-state index < -0.39 is 36.2 Å². The highest BCUT2D eigenvalue weighted by Crippen LogP contribution is 2.44. The molecule has 1 aromatic rings. The molecule has 28 heavy (non-hydrogen) atoms. The number of carbonyl (C=O) groups excluding carboxylic acids is 2. The molecular weight excluding hydrogens is 368 g/mol. The summed E-state index contributed by atoms with van der Waals surface area (Å²) in [5, 5.41) is 29.0. The van der Waals surface area contributed by atoms with Gasteiger partial charge < -0.3 is 29.5 Å². The quantitative estimate of drug-likeness (QED) is 0.386. The molecule has 1 heterocycles. The van der Waals surface area contributed by atoms with E-state index >= 15 is 0 Å². The highest BCUT2D eigenvalue weighted by atomic mass is 16.6. The summed E-state index contributed by atoms with van der Waals surface area (Å²) < 4.78 is 15.3. The van der Waals surface area contributed by atoms with Crippen molar-refractivity contribution in [3.8, 4) is 5.75 Å². The van der Waals surface area contributed by atoms with Crippen LogP contribution in [-0.2, 0) is 23.8 Å². The summed E-state index contributed by atoms with van der Waals surface area (Å²) in [6.07, 6.45) is 3.17. The van der Waals surface area contributed by atoms with Crippen molar-refractivity contribution in [2.45, 2.75) is 12.4 Å². The Morgan fingerprint density at radius 3 is 2.57 bits per heavy atom. The number of aliphatic hydroxyl groups excluding tert-OH is 2. The van der Waals surface area contributed by atoms with Gasteiger partial charge in [-0.3, -0.25) is 0 Å².